The summed E-state index contributed by atoms with van der Waals surface area (Å²) < 4.78 is 34.8. The lowest BCUT2D eigenvalue weighted by molar-refractivity contribution is 0.0133. The predicted octanol–water partition coefficient (Wildman–Crippen LogP) is 4.52. The molecule has 3 aliphatic rings. The molecule has 0 radical (unpaired) electrons. The maximum absolute atomic E-state index is 17.0. The number of phenolic OH excluding ortho intramolecular Hbond substituents is 1. The lowest BCUT2D eigenvalue weighted by Gasteiger charge is -2.44. The standard InChI is InChI=1S/C35H38FN5O5/c1-4-21-8-5-9-22-16-23(42)17-25(27(21)22)30-29(36)31-28(33(37-30)44-3)32(41-14-15-45-19-24(43)18-41)39-34(38-31)46-20-35-11-6-10-26(35)40(2)13-7-12-35/h1,5,8-9,16-17,24,26,42-43H,6-7,10-15,18-20H2,2-3H3. The normalized spacial score (nSPS) is 23.7. The number of pyridine rings is 1. The van der Waals surface area contributed by atoms with Crippen LogP contribution in [0.3, 0.4) is 0 Å². The molecule has 0 amide bonds. The topological polar surface area (TPSA) is 113 Å². The first-order valence-electron chi connectivity index (χ1n) is 15.8. The quantitative estimate of drug-likeness (QED) is 0.296. The number of rotatable bonds is 6. The highest BCUT2D eigenvalue weighted by Gasteiger charge is 2.47. The van der Waals surface area contributed by atoms with Gasteiger partial charge in [0.1, 0.15) is 28.2 Å². The molecule has 1 saturated carbocycles. The van der Waals surface area contributed by atoms with E-state index in [0.29, 0.717) is 53.5 Å². The van der Waals surface area contributed by atoms with Crippen molar-refractivity contribution in [1.82, 2.24) is 19.9 Å². The number of methoxy groups -OCH3 is 1. The monoisotopic (exact) mass is 627 g/mol. The van der Waals surface area contributed by atoms with Crippen molar-refractivity contribution in [3.8, 4) is 41.2 Å². The number of halogens is 1. The summed E-state index contributed by atoms with van der Waals surface area (Å²) in [4.78, 5) is 18.4. The Morgan fingerprint density at radius 1 is 1.15 bits per heavy atom. The SMILES string of the molecule is C#Cc1cccc2cc(O)cc(-c3nc(OC)c4c(N5CCOCC(O)C5)nc(OCC56CCCC5N(C)CCC6)nc4c3F)c12. The number of aliphatic hydroxyl groups excluding tert-OH is 1. The number of benzene rings is 2. The van der Waals surface area contributed by atoms with Gasteiger partial charge in [0.25, 0.3) is 0 Å². The minimum atomic E-state index is -0.781. The van der Waals surface area contributed by atoms with Gasteiger partial charge in [-0.05, 0) is 62.9 Å². The van der Waals surface area contributed by atoms with E-state index >= 15 is 4.39 Å². The Hall–Kier alpha value is -4.24. The van der Waals surface area contributed by atoms with Crippen LogP contribution < -0.4 is 14.4 Å². The van der Waals surface area contributed by atoms with Gasteiger partial charge in [-0.2, -0.15) is 9.97 Å². The number of β-amino-alcohol motifs (C(OH)–C–C–N with tert-alkyl or cyclic N) is 1. The summed E-state index contributed by atoms with van der Waals surface area (Å²) in [6, 6.07) is 8.82. The number of fused-ring (bicyclic) bond motifs is 3. The minimum absolute atomic E-state index is 0.0239. The second-order valence-electron chi connectivity index (χ2n) is 12.7. The number of aliphatic hydroxyl groups is 1. The van der Waals surface area contributed by atoms with E-state index in [-0.39, 0.29) is 52.8 Å². The van der Waals surface area contributed by atoms with E-state index in [1.165, 1.54) is 13.2 Å². The van der Waals surface area contributed by atoms with Crippen LogP contribution in [0.25, 0.3) is 32.9 Å². The number of hydrogen-bond donors (Lipinski definition) is 2. The zero-order valence-corrected chi connectivity index (χ0v) is 26.1. The van der Waals surface area contributed by atoms with Crippen LogP contribution in [0.15, 0.2) is 30.3 Å². The number of likely N-dealkylation sites (tertiary alicyclic amines) is 1. The van der Waals surface area contributed by atoms with E-state index in [2.05, 4.69) is 27.8 Å². The smallest absolute Gasteiger partial charge is 0.319 e. The number of aromatic hydroxyl groups is 1. The predicted molar refractivity (Wildman–Crippen MR) is 173 cm³/mol. The van der Waals surface area contributed by atoms with Crippen molar-refractivity contribution in [2.24, 2.45) is 5.41 Å². The molecule has 0 spiro atoms. The number of piperidine rings is 1. The number of anilines is 1. The summed E-state index contributed by atoms with van der Waals surface area (Å²) in [5.41, 5.74) is 0.689. The van der Waals surface area contributed by atoms with Gasteiger partial charge in [0.2, 0.25) is 5.88 Å². The molecule has 4 heterocycles. The molecule has 3 unspecified atom stereocenters. The fourth-order valence-corrected chi connectivity index (χ4v) is 7.81. The molecule has 2 N–H and O–H groups in total. The molecule has 3 atom stereocenters. The zero-order chi connectivity index (χ0) is 32.0. The summed E-state index contributed by atoms with van der Waals surface area (Å²) in [6.07, 6.45) is 10.5. The number of aromatic nitrogens is 3. The van der Waals surface area contributed by atoms with Crippen molar-refractivity contribution >= 4 is 27.5 Å². The third-order valence-electron chi connectivity index (χ3n) is 9.89. The molecule has 4 aromatic rings. The summed E-state index contributed by atoms with van der Waals surface area (Å²) in [5, 5.41) is 22.7. The highest BCUT2D eigenvalue weighted by molar-refractivity contribution is 6.04. The molecule has 0 bridgehead atoms. The van der Waals surface area contributed by atoms with Crippen LogP contribution in [0.1, 0.15) is 37.7 Å². The Balaban J connectivity index is 1.42. The number of nitrogens with zero attached hydrogens (tertiary/aromatic N) is 5. The van der Waals surface area contributed by atoms with Crippen LogP contribution in [0.5, 0.6) is 17.6 Å². The number of hydrogen-bond acceptors (Lipinski definition) is 10. The van der Waals surface area contributed by atoms with Crippen molar-refractivity contribution in [3.05, 3.63) is 41.7 Å². The van der Waals surface area contributed by atoms with Gasteiger partial charge in [0.05, 0.1) is 33.0 Å². The molecule has 46 heavy (non-hydrogen) atoms. The second-order valence-corrected chi connectivity index (χ2v) is 12.7. The van der Waals surface area contributed by atoms with Gasteiger partial charge in [-0.3, -0.25) is 0 Å². The van der Waals surface area contributed by atoms with E-state index in [1.807, 2.05) is 4.90 Å². The number of ether oxygens (including phenoxy) is 3. The van der Waals surface area contributed by atoms with Crippen molar-refractivity contribution < 1.29 is 28.8 Å². The van der Waals surface area contributed by atoms with E-state index in [9.17, 15) is 10.2 Å². The molecule has 2 saturated heterocycles. The Labute approximate surface area is 267 Å². The van der Waals surface area contributed by atoms with Crippen LogP contribution in [0.4, 0.5) is 10.2 Å². The molecule has 2 aromatic carbocycles. The van der Waals surface area contributed by atoms with Crippen molar-refractivity contribution in [2.45, 2.75) is 44.2 Å². The van der Waals surface area contributed by atoms with Gasteiger partial charge in [0.15, 0.2) is 5.82 Å². The van der Waals surface area contributed by atoms with Gasteiger partial charge in [-0.25, -0.2) is 9.37 Å². The van der Waals surface area contributed by atoms with Gasteiger partial charge in [-0.1, -0.05) is 24.5 Å². The Morgan fingerprint density at radius 2 is 2.00 bits per heavy atom. The van der Waals surface area contributed by atoms with E-state index in [1.54, 1.807) is 24.3 Å². The minimum Gasteiger partial charge on any atom is -0.508 e. The highest BCUT2D eigenvalue weighted by atomic mass is 19.1. The maximum Gasteiger partial charge on any atom is 0.319 e. The molecule has 2 aliphatic heterocycles. The molecule has 2 aromatic heterocycles. The first-order chi connectivity index (χ1) is 22.3. The van der Waals surface area contributed by atoms with Crippen LogP contribution in [0.2, 0.25) is 0 Å². The van der Waals surface area contributed by atoms with Gasteiger partial charge < -0.3 is 34.2 Å². The molecule has 240 valence electrons. The summed E-state index contributed by atoms with van der Waals surface area (Å²) in [5.74, 6) is 2.30. The van der Waals surface area contributed by atoms with Crippen LogP contribution >= 0.6 is 0 Å². The summed E-state index contributed by atoms with van der Waals surface area (Å²) in [7, 11) is 3.62. The van der Waals surface area contributed by atoms with E-state index < -0.39 is 11.9 Å². The number of phenols is 1. The lowest BCUT2D eigenvalue weighted by Crippen LogP contribution is -2.50. The zero-order valence-electron chi connectivity index (χ0n) is 26.1. The van der Waals surface area contributed by atoms with Crippen LogP contribution in [-0.4, -0.2) is 95.8 Å². The summed E-state index contributed by atoms with van der Waals surface area (Å²) >= 11 is 0. The Morgan fingerprint density at radius 3 is 2.83 bits per heavy atom. The van der Waals surface area contributed by atoms with Gasteiger partial charge in [-0.15, -0.1) is 6.42 Å². The van der Waals surface area contributed by atoms with Crippen molar-refractivity contribution in [3.63, 3.8) is 0 Å². The Bertz CT molecular complexity index is 1850. The molecular formula is C35H38FN5O5. The largest absolute Gasteiger partial charge is 0.508 e. The first kappa shape index (κ1) is 30.4. The molecule has 7 rings (SSSR count). The second kappa shape index (κ2) is 12.2. The molecule has 3 fully saturated rings. The van der Waals surface area contributed by atoms with Gasteiger partial charge >= 0.3 is 6.01 Å². The van der Waals surface area contributed by atoms with Crippen LogP contribution in [-0.2, 0) is 4.74 Å². The third kappa shape index (κ3) is 5.24. The average molecular weight is 628 g/mol. The Kier molecular flexibility index (Phi) is 8.05. The number of terminal acetylenes is 1. The van der Waals surface area contributed by atoms with Crippen molar-refractivity contribution in [2.75, 3.05) is 58.5 Å². The summed E-state index contributed by atoms with van der Waals surface area (Å²) in [6.45, 7) is 2.60. The lowest BCUT2D eigenvalue weighted by atomic mass is 9.76. The molecule has 10 nitrogen and oxygen atoms in total. The van der Waals surface area contributed by atoms with Crippen molar-refractivity contribution in [1.29, 1.82) is 0 Å². The van der Waals surface area contributed by atoms with E-state index in [4.69, 9.17) is 25.6 Å². The molecular weight excluding hydrogens is 589 g/mol. The highest BCUT2D eigenvalue weighted by Crippen LogP contribution is 2.48. The third-order valence-corrected chi connectivity index (χ3v) is 9.89. The average Bonchev–Trinajstić information content (AvgIpc) is 3.38. The fraction of sp³-hybridized carbons (Fsp3) is 0.457. The molecule has 11 heteroatoms. The van der Waals surface area contributed by atoms with Gasteiger partial charge in [0, 0.05) is 41.1 Å². The fourth-order valence-electron chi connectivity index (χ4n) is 7.81. The first-order valence-corrected chi connectivity index (χ1v) is 15.8. The maximum atomic E-state index is 17.0. The van der Waals surface area contributed by atoms with Crippen LogP contribution in [0, 0.1) is 23.6 Å². The van der Waals surface area contributed by atoms with E-state index in [0.717, 1.165) is 38.6 Å². The molecule has 1 aliphatic carbocycles.